The maximum Gasteiger partial charge on any atom is 0.394 e. The Bertz CT molecular complexity index is 1610. The summed E-state index contributed by atoms with van der Waals surface area (Å²) in [6, 6.07) is 20.7. The zero-order chi connectivity index (χ0) is 26.6. The molecule has 0 spiro atoms. The fourth-order valence-corrected chi connectivity index (χ4v) is 6.60. The number of halogens is 3. The molecular weight excluding hydrogens is 487 g/mol. The first-order valence-electron chi connectivity index (χ1n) is 12.9. The number of hydrogen-bond donors (Lipinski definition) is 0. The van der Waals surface area contributed by atoms with E-state index in [1.165, 1.54) is 30.2 Å². The molecule has 0 amide bonds. The first-order chi connectivity index (χ1) is 17.5. The molecule has 1 nitrogen and oxygen atoms in total. The highest BCUT2D eigenvalue weighted by Crippen LogP contribution is 2.46. The lowest BCUT2D eigenvalue weighted by molar-refractivity contribution is -0.210. The molecule has 0 fully saturated rings. The number of thiophene rings is 1. The van der Waals surface area contributed by atoms with Crippen molar-refractivity contribution in [1.82, 2.24) is 4.98 Å². The Morgan fingerprint density at radius 1 is 0.784 bits per heavy atom. The van der Waals surface area contributed by atoms with E-state index in [-0.39, 0.29) is 11.8 Å². The molecule has 5 heteroatoms. The van der Waals surface area contributed by atoms with Crippen molar-refractivity contribution in [1.29, 1.82) is 0 Å². The third-order valence-corrected chi connectivity index (χ3v) is 9.54. The minimum absolute atomic E-state index is 0.0278. The van der Waals surface area contributed by atoms with Crippen LogP contribution in [-0.4, -0.2) is 11.2 Å². The van der Waals surface area contributed by atoms with Gasteiger partial charge in [-0.2, -0.15) is 13.2 Å². The maximum absolute atomic E-state index is 13.7. The van der Waals surface area contributed by atoms with Crippen molar-refractivity contribution in [2.45, 2.75) is 65.5 Å². The molecule has 5 rings (SSSR count). The van der Waals surface area contributed by atoms with Crippen molar-refractivity contribution < 1.29 is 13.2 Å². The summed E-state index contributed by atoms with van der Waals surface area (Å²) in [4.78, 5) is 4.83. The van der Waals surface area contributed by atoms with Crippen molar-refractivity contribution in [3.05, 3.63) is 78.0 Å². The molecule has 2 heterocycles. The smallest absolute Gasteiger partial charge is 0.255 e. The standard InChI is InChI=1S/C32H32F3NS/c1-6-31(5,7-2)26-18-22(17-20-11-8-9-13-23(20)26)27-29-25(15-16-36-27)24-14-10-12-21(28(24)37-29)19-30(3,4)32(33,34)35/h8-18H,6-7,19H2,1-5H3. The Balaban J connectivity index is 1.75. The lowest BCUT2D eigenvalue weighted by Gasteiger charge is -2.29. The minimum atomic E-state index is -4.27. The Morgan fingerprint density at radius 2 is 1.46 bits per heavy atom. The predicted octanol–water partition coefficient (Wildman–Crippen LogP) is 10.5. The number of hydrogen-bond acceptors (Lipinski definition) is 2. The summed E-state index contributed by atoms with van der Waals surface area (Å²) >= 11 is 1.56. The molecule has 0 N–H and O–H groups in total. The van der Waals surface area contributed by atoms with Crippen LogP contribution in [0.2, 0.25) is 0 Å². The summed E-state index contributed by atoms with van der Waals surface area (Å²) < 4.78 is 43.1. The average Bonchev–Trinajstić information content (AvgIpc) is 3.27. The molecule has 0 radical (unpaired) electrons. The first-order valence-corrected chi connectivity index (χ1v) is 13.7. The van der Waals surface area contributed by atoms with E-state index in [0.717, 1.165) is 49.8 Å². The van der Waals surface area contributed by atoms with Gasteiger partial charge in [-0.1, -0.05) is 77.1 Å². The van der Waals surface area contributed by atoms with Crippen molar-refractivity contribution in [2.75, 3.05) is 0 Å². The summed E-state index contributed by atoms with van der Waals surface area (Å²) in [5, 5.41) is 4.47. The van der Waals surface area contributed by atoms with E-state index in [0.29, 0.717) is 0 Å². The second kappa shape index (κ2) is 9.13. The van der Waals surface area contributed by atoms with Crippen molar-refractivity contribution in [2.24, 2.45) is 5.41 Å². The molecule has 0 saturated carbocycles. The Hall–Kier alpha value is -2.92. The highest BCUT2D eigenvalue weighted by molar-refractivity contribution is 7.26. The molecule has 0 aliphatic heterocycles. The Morgan fingerprint density at radius 3 is 2.16 bits per heavy atom. The lowest BCUT2D eigenvalue weighted by Crippen LogP contribution is -2.34. The highest BCUT2D eigenvalue weighted by Gasteiger charge is 2.47. The molecule has 0 bridgehead atoms. The van der Waals surface area contributed by atoms with Crippen LogP contribution in [-0.2, 0) is 11.8 Å². The van der Waals surface area contributed by atoms with E-state index in [2.05, 4.69) is 57.2 Å². The molecule has 0 unspecified atom stereocenters. The van der Waals surface area contributed by atoms with Gasteiger partial charge in [-0.3, -0.25) is 4.98 Å². The van der Waals surface area contributed by atoms with Gasteiger partial charge >= 0.3 is 6.18 Å². The van der Waals surface area contributed by atoms with Crippen LogP contribution in [0.25, 0.3) is 42.2 Å². The summed E-state index contributed by atoms with van der Waals surface area (Å²) in [5.74, 6) is 0. The fourth-order valence-electron chi connectivity index (χ4n) is 5.28. The number of fused-ring (bicyclic) bond motifs is 4. The van der Waals surface area contributed by atoms with Crippen LogP contribution >= 0.6 is 11.3 Å². The second-order valence-corrected chi connectivity index (χ2v) is 12.0. The normalized spacial score (nSPS) is 13.2. The molecule has 0 saturated heterocycles. The Kier molecular flexibility index (Phi) is 6.34. The van der Waals surface area contributed by atoms with E-state index < -0.39 is 11.6 Å². The Labute approximate surface area is 220 Å². The van der Waals surface area contributed by atoms with Crippen LogP contribution in [0.3, 0.4) is 0 Å². The third kappa shape index (κ3) is 4.31. The van der Waals surface area contributed by atoms with Crippen LogP contribution in [0.15, 0.2) is 66.9 Å². The quantitative estimate of drug-likeness (QED) is 0.217. The van der Waals surface area contributed by atoms with Crippen LogP contribution < -0.4 is 0 Å². The van der Waals surface area contributed by atoms with Gasteiger partial charge in [0, 0.05) is 27.2 Å². The lowest BCUT2D eigenvalue weighted by atomic mass is 9.75. The number of benzene rings is 3. The molecule has 37 heavy (non-hydrogen) atoms. The van der Waals surface area contributed by atoms with E-state index >= 15 is 0 Å². The van der Waals surface area contributed by atoms with Gasteiger partial charge in [-0.15, -0.1) is 11.3 Å². The van der Waals surface area contributed by atoms with Crippen LogP contribution in [0.1, 0.15) is 58.6 Å². The van der Waals surface area contributed by atoms with Crippen molar-refractivity contribution in [3.8, 4) is 11.3 Å². The fraction of sp³-hybridized carbons (Fsp3) is 0.344. The van der Waals surface area contributed by atoms with Crippen molar-refractivity contribution in [3.63, 3.8) is 0 Å². The molecule has 2 aromatic heterocycles. The predicted molar refractivity (Wildman–Crippen MR) is 152 cm³/mol. The second-order valence-electron chi connectivity index (χ2n) is 11.0. The zero-order valence-corrected chi connectivity index (χ0v) is 22.8. The number of aromatic nitrogens is 1. The zero-order valence-electron chi connectivity index (χ0n) is 22.0. The first kappa shape index (κ1) is 25.7. The number of alkyl halides is 3. The average molecular weight is 520 g/mol. The van der Waals surface area contributed by atoms with Gasteiger partial charge in [-0.25, -0.2) is 0 Å². The topological polar surface area (TPSA) is 12.9 Å². The summed E-state index contributed by atoms with van der Waals surface area (Å²) in [6.07, 6.45) is -0.463. The SMILES string of the molecule is CCC(C)(CC)c1cc(-c2nccc3c2sc2c(CC(C)(C)C(F)(F)F)cccc23)cc2ccccc12. The summed E-state index contributed by atoms with van der Waals surface area (Å²) in [6.45, 7) is 9.35. The van der Waals surface area contributed by atoms with Crippen LogP contribution in [0, 0.1) is 5.41 Å². The number of pyridine rings is 1. The van der Waals surface area contributed by atoms with Gasteiger partial charge in [0.15, 0.2) is 0 Å². The monoisotopic (exact) mass is 519 g/mol. The molecule has 0 aliphatic carbocycles. The van der Waals surface area contributed by atoms with Gasteiger partial charge in [0.1, 0.15) is 0 Å². The van der Waals surface area contributed by atoms with Crippen molar-refractivity contribution >= 4 is 42.3 Å². The molecule has 5 aromatic rings. The molecule has 3 aromatic carbocycles. The maximum atomic E-state index is 13.7. The van der Waals surface area contributed by atoms with Crippen LogP contribution in [0.4, 0.5) is 13.2 Å². The largest absolute Gasteiger partial charge is 0.394 e. The molecular formula is C32H32F3NS. The van der Waals surface area contributed by atoms with Gasteiger partial charge in [0.05, 0.1) is 15.8 Å². The number of nitrogens with zero attached hydrogens (tertiary/aromatic N) is 1. The molecule has 0 atom stereocenters. The van der Waals surface area contributed by atoms with Gasteiger partial charge in [-0.05, 0) is 64.8 Å². The molecule has 0 aliphatic rings. The van der Waals surface area contributed by atoms with E-state index in [1.807, 2.05) is 30.5 Å². The van der Waals surface area contributed by atoms with Crippen LogP contribution in [0.5, 0.6) is 0 Å². The highest BCUT2D eigenvalue weighted by atomic mass is 32.1. The molecule has 192 valence electrons. The summed E-state index contributed by atoms with van der Waals surface area (Å²) in [7, 11) is 0. The van der Waals surface area contributed by atoms with E-state index in [1.54, 1.807) is 11.3 Å². The van der Waals surface area contributed by atoms with Gasteiger partial charge in [0.25, 0.3) is 0 Å². The van der Waals surface area contributed by atoms with E-state index in [9.17, 15) is 13.2 Å². The summed E-state index contributed by atoms with van der Waals surface area (Å²) in [5.41, 5.74) is 2.21. The van der Waals surface area contributed by atoms with E-state index in [4.69, 9.17) is 4.98 Å². The minimum Gasteiger partial charge on any atom is -0.255 e. The van der Waals surface area contributed by atoms with Gasteiger partial charge in [0.2, 0.25) is 0 Å². The number of rotatable bonds is 6. The third-order valence-electron chi connectivity index (χ3n) is 8.24. The van der Waals surface area contributed by atoms with Gasteiger partial charge < -0.3 is 0 Å².